The molecule has 0 atom stereocenters. The lowest BCUT2D eigenvalue weighted by atomic mass is 10.3. The summed E-state index contributed by atoms with van der Waals surface area (Å²) in [5.74, 6) is 0.162. The number of nitrogen functional groups attached to an aromatic ring is 1. The molecule has 0 unspecified atom stereocenters. The van der Waals surface area contributed by atoms with Gasteiger partial charge in [0.05, 0.1) is 0 Å². The van der Waals surface area contributed by atoms with Gasteiger partial charge >= 0.3 is 5.69 Å². The van der Waals surface area contributed by atoms with Crippen molar-refractivity contribution < 1.29 is 0 Å². The van der Waals surface area contributed by atoms with Crippen LogP contribution in [0, 0.1) is 0 Å². The van der Waals surface area contributed by atoms with Crippen molar-refractivity contribution in [3.63, 3.8) is 0 Å². The van der Waals surface area contributed by atoms with Crippen molar-refractivity contribution in [3.8, 4) is 0 Å². The third kappa shape index (κ3) is 3.29. The van der Waals surface area contributed by atoms with Crippen LogP contribution in [0.4, 0.5) is 5.95 Å². The van der Waals surface area contributed by atoms with Crippen molar-refractivity contribution in [2.75, 3.05) is 5.73 Å². The molecule has 118 valence electrons. The number of aromatic amines is 1. The van der Waals surface area contributed by atoms with Crippen LogP contribution in [0.1, 0.15) is 39.5 Å². The van der Waals surface area contributed by atoms with Gasteiger partial charge in [0, 0.05) is 13.1 Å². The van der Waals surface area contributed by atoms with E-state index in [4.69, 9.17) is 5.73 Å². The van der Waals surface area contributed by atoms with Crippen molar-refractivity contribution in [3.05, 3.63) is 20.8 Å². The summed E-state index contributed by atoms with van der Waals surface area (Å²) in [6.45, 7) is 5.04. The zero-order valence-electron chi connectivity index (χ0n) is 12.4. The van der Waals surface area contributed by atoms with E-state index in [1.54, 1.807) is 4.57 Å². The number of fused-ring (bicyclic) bond motifs is 1. The molecule has 2 aromatic rings. The van der Waals surface area contributed by atoms with Crippen molar-refractivity contribution in [1.82, 2.24) is 19.1 Å². The topological polar surface area (TPSA) is 98.7 Å². The molecule has 3 N–H and O–H groups in total. The molecule has 2 heterocycles. The van der Waals surface area contributed by atoms with Crippen LogP contribution < -0.4 is 17.0 Å². The Hall–Kier alpha value is -1.76. The number of unbranched alkanes of at least 4 members (excludes halogenated alkanes) is 2. The highest BCUT2D eigenvalue weighted by Crippen LogP contribution is 2.08. The molecule has 2 aromatic heterocycles. The molecule has 2 rings (SSSR count). The van der Waals surface area contributed by atoms with E-state index in [9.17, 15) is 9.59 Å². The number of H-pyrrole nitrogens is 1. The molecular weight excluding hydrogens is 294 g/mol. The molecular formula is C13H22ClN5O2. The summed E-state index contributed by atoms with van der Waals surface area (Å²) in [4.78, 5) is 31.6. The third-order valence-electron chi connectivity index (χ3n) is 3.35. The second-order valence-electron chi connectivity index (χ2n) is 4.92. The van der Waals surface area contributed by atoms with E-state index in [1.165, 1.54) is 4.57 Å². The first kappa shape index (κ1) is 17.3. The SMILES string of the molecule is CCCCn1c(=O)c2[nH]c(N)nc2n(CCCC)c1=O.Cl. The third-order valence-corrected chi connectivity index (χ3v) is 3.35. The van der Waals surface area contributed by atoms with E-state index in [0.29, 0.717) is 24.3 Å². The zero-order chi connectivity index (χ0) is 14.7. The molecule has 8 heteroatoms. The van der Waals surface area contributed by atoms with Gasteiger partial charge in [0.15, 0.2) is 17.1 Å². The van der Waals surface area contributed by atoms with E-state index in [1.807, 2.05) is 13.8 Å². The lowest BCUT2D eigenvalue weighted by molar-refractivity contribution is 0.530. The lowest BCUT2D eigenvalue weighted by Crippen LogP contribution is -2.40. The highest BCUT2D eigenvalue weighted by atomic mass is 35.5. The van der Waals surface area contributed by atoms with Gasteiger partial charge in [-0.2, -0.15) is 4.98 Å². The Morgan fingerprint density at radius 3 is 2.24 bits per heavy atom. The Labute approximate surface area is 128 Å². The van der Waals surface area contributed by atoms with Gasteiger partial charge in [0.25, 0.3) is 5.56 Å². The monoisotopic (exact) mass is 315 g/mol. The number of nitrogens with zero attached hydrogens (tertiary/aromatic N) is 3. The molecule has 0 fully saturated rings. The number of nitrogens with one attached hydrogen (secondary N) is 1. The maximum Gasteiger partial charge on any atom is 0.332 e. The van der Waals surface area contributed by atoms with E-state index in [0.717, 1.165) is 25.7 Å². The van der Waals surface area contributed by atoms with Crippen LogP contribution in [0.5, 0.6) is 0 Å². The van der Waals surface area contributed by atoms with Crippen LogP contribution in [0.2, 0.25) is 0 Å². The van der Waals surface area contributed by atoms with Crippen LogP contribution in [0.15, 0.2) is 9.59 Å². The number of nitrogens with two attached hydrogens (primary N) is 1. The average molecular weight is 316 g/mol. The smallest absolute Gasteiger partial charge is 0.332 e. The predicted octanol–water partition coefficient (Wildman–Crippen LogP) is 1.49. The fourth-order valence-electron chi connectivity index (χ4n) is 2.22. The number of aryl methyl sites for hydroxylation is 1. The van der Waals surface area contributed by atoms with E-state index in [2.05, 4.69) is 9.97 Å². The first-order chi connectivity index (χ1) is 9.60. The summed E-state index contributed by atoms with van der Waals surface area (Å²) >= 11 is 0. The van der Waals surface area contributed by atoms with Gasteiger partial charge in [0.2, 0.25) is 0 Å². The molecule has 0 aliphatic rings. The normalized spacial score (nSPS) is 10.8. The molecule has 0 aliphatic heterocycles. The summed E-state index contributed by atoms with van der Waals surface area (Å²) in [6.07, 6.45) is 3.53. The maximum absolute atomic E-state index is 12.5. The van der Waals surface area contributed by atoms with Gasteiger partial charge in [-0.3, -0.25) is 13.9 Å². The second-order valence-corrected chi connectivity index (χ2v) is 4.92. The van der Waals surface area contributed by atoms with E-state index in [-0.39, 0.29) is 29.6 Å². The largest absolute Gasteiger partial charge is 0.369 e. The number of hydrogen-bond acceptors (Lipinski definition) is 4. The second kappa shape index (κ2) is 7.31. The Morgan fingerprint density at radius 2 is 1.67 bits per heavy atom. The number of halogens is 1. The van der Waals surface area contributed by atoms with Gasteiger partial charge in [-0.05, 0) is 12.8 Å². The van der Waals surface area contributed by atoms with Gasteiger partial charge < -0.3 is 10.7 Å². The standard InChI is InChI=1S/C13H21N5O2.ClH/c1-3-5-7-17-10-9(15-12(14)16-10)11(19)18(13(17)20)8-6-4-2;/h3-8H2,1-2H3,(H3,14,15,16);1H. The van der Waals surface area contributed by atoms with Crippen molar-refractivity contribution in [1.29, 1.82) is 0 Å². The molecule has 0 aromatic carbocycles. The van der Waals surface area contributed by atoms with E-state index < -0.39 is 0 Å². The Balaban J connectivity index is 0.00000220. The van der Waals surface area contributed by atoms with Gasteiger partial charge in [-0.25, -0.2) is 4.79 Å². The van der Waals surface area contributed by atoms with Gasteiger partial charge in [-0.1, -0.05) is 26.7 Å². The summed E-state index contributed by atoms with van der Waals surface area (Å²) in [6, 6.07) is 0. The number of rotatable bonds is 6. The van der Waals surface area contributed by atoms with Gasteiger partial charge in [-0.15, -0.1) is 12.4 Å². The number of hydrogen-bond donors (Lipinski definition) is 2. The van der Waals surface area contributed by atoms with Gasteiger partial charge in [0.1, 0.15) is 0 Å². The number of imidazole rings is 1. The van der Waals surface area contributed by atoms with Crippen molar-refractivity contribution >= 4 is 29.5 Å². The summed E-state index contributed by atoms with van der Waals surface area (Å²) in [5.41, 5.74) is 5.67. The summed E-state index contributed by atoms with van der Waals surface area (Å²) in [5, 5.41) is 0. The Morgan fingerprint density at radius 1 is 1.10 bits per heavy atom. The minimum atomic E-state index is -0.338. The highest BCUT2D eigenvalue weighted by Gasteiger charge is 2.15. The Bertz CT molecular complexity index is 716. The average Bonchev–Trinajstić information content (AvgIpc) is 2.81. The minimum absolute atomic E-state index is 0. The fourth-order valence-corrected chi connectivity index (χ4v) is 2.22. The number of aromatic nitrogens is 4. The Kier molecular flexibility index (Phi) is 6.02. The van der Waals surface area contributed by atoms with Crippen molar-refractivity contribution in [2.24, 2.45) is 0 Å². The molecule has 0 saturated carbocycles. The van der Waals surface area contributed by atoms with E-state index >= 15 is 0 Å². The summed E-state index contributed by atoms with van der Waals surface area (Å²) in [7, 11) is 0. The quantitative estimate of drug-likeness (QED) is 0.843. The van der Waals surface area contributed by atoms with Crippen molar-refractivity contribution in [2.45, 2.75) is 52.6 Å². The number of anilines is 1. The summed E-state index contributed by atoms with van der Waals surface area (Å²) < 4.78 is 2.82. The lowest BCUT2D eigenvalue weighted by Gasteiger charge is -2.10. The van der Waals surface area contributed by atoms with Crippen LogP contribution in [0.3, 0.4) is 0 Å². The minimum Gasteiger partial charge on any atom is -0.369 e. The molecule has 0 spiro atoms. The molecule has 21 heavy (non-hydrogen) atoms. The molecule has 0 saturated heterocycles. The molecule has 0 radical (unpaired) electrons. The fraction of sp³-hybridized carbons (Fsp3) is 0.615. The first-order valence-electron chi connectivity index (χ1n) is 7.09. The predicted molar refractivity (Wildman–Crippen MR) is 86.1 cm³/mol. The molecule has 0 bridgehead atoms. The maximum atomic E-state index is 12.5. The van der Waals surface area contributed by atoms with Crippen LogP contribution in [-0.4, -0.2) is 19.1 Å². The zero-order valence-corrected chi connectivity index (χ0v) is 13.2. The molecule has 7 nitrogen and oxygen atoms in total. The molecule has 0 aliphatic carbocycles. The molecule has 0 amide bonds. The van der Waals surface area contributed by atoms with Crippen LogP contribution in [-0.2, 0) is 13.1 Å². The highest BCUT2D eigenvalue weighted by molar-refractivity contribution is 5.85. The first-order valence-corrected chi connectivity index (χ1v) is 7.09. The van der Waals surface area contributed by atoms with Crippen LogP contribution >= 0.6 is 12.4 Å². The van der Waals surface area contributed by atoms with Crippen LogP contribution in [0.25, 0.3) is 11.2 Å².